The molecule has 2 saturated heterocycles. The van der Waals surface area contributed by atoms with Crippen LogP contribution in [0.15, 0.2) is 30.3 Å². The summed E-state index contributed by atoms with van der Waals surface area (Å²) < 4.78 is 29.7. The standard InChI is InChI=1S/C18H25NO3/c1-12(20)17(13-6-4-3-5-7-13)18(21)22-16-10-14-8-9-15(11-16)19(14)2/h3-7,12,14-17,20H,8-11H2,1-2H3/t12?,14-,15?,16-,17?/m1/s1/i12D,16D,20D. The minimum absolute atomic E-state index is 0.258. The van der Waals surface area contributed by atoms with Gasteiger partial charge in [-0.3, -0.25) is 4.79 Å². The Morgan fingerprint density at radius 3 is 2.64 bits per heavy atom. The molecule has 3 rings (SSSR count). The number of nitrogens with zero attached hydrogens (tertiary/aromatic N) is 1. The highest BCUT2D eigenvalue weighted by molar-refractivity contribution is 5.79. The van der Waals surface area contributed by atoms with Crippen LogP contribution in [0.2, 0.25) is 0 Å². The fourth-order valence-corrected chi connectivity index (χ4v) is 3.66. The zero-order chi connectivity index (χ0) is 18.2. The number of carbonyl (C=O) groups is 1. The first-order valence-electron chi connectivity index (χ1n) is 9.31. The van der Waals surface area contributed by atoms with Gasteiger partial charge in [0.25, 0.3) is 0 Å². The van der Waals surface area contributed by atoms with Gasteiger partial charge in [-0.05, 0) is 45.2 Å². The first-order valence-corrected chi connectivity index (χ1v) is 7.90. The van der Waals surface area contributed by atoms with Crippen LogP contribution in [-0.2, 0) is 9.53 Å². The molecule has 1 aromatic rings. The molecule has 2 aliphatic heterocycles. The molecule has 3 unspecified atom stereocenters. The van der Waals surface area contributed by atoms with Crippen LogP contribution in [0.1, 0.15) is 46.8 Å². The summed E-state index contributed by atoms with van der Waals surface area (Å²) >= 11 is 0. The number of aliphatic hydroxyl groups is 1. The zero-order valence-electron chi connectivity index (χ0n) is 16.1. The quantitative estimate of drug-likeness (QED) is 0.848. The average molecular weight is 306 g/mol. The van der Waals surface area contributed by atoms with Crippen molar-refractivity contribution >= 4 is 5.97 Å². The van der Waals surface area contributed by atoms with Crippen LogP contribution in [0.5, 0.6) is 0 Å². The number of esters is 1. The van der Waals surface area contributed by atoms with Gasteiger partial charge in [-0.2, -0.15) is 0 Å². The van der Waals surface area contributed by atoms with Gasteiger partial charge in [0.2, 0.25) is 1.43 Å². The maximum atomic E-state index is 12.9. The van der Waals surface area contributed by atoms with Crippen molar-refractivity contribution in [3.8, 4) is 0 Å². The molecule has 1 N–H and O–H groups in total. The predicted octanol–water partition coefficient (Wildman–Crippen LogP) is 2.32. The van der Waals surface area contributed by atoms with E-state index in [9.17, 15) is 4.79 Å². The van der Waals surface area contributed by atoms with E-state index in [1.54, 1.807) is 24.3 Å². The molecule has 0 amide bonds. The van der Waals surface area contributed by atoms with E-state index in [1.165, 1.54) is 6.92 Å². The summed E-state index contributed by atoms with van der Waals surface area (Å²) in [6.45, 7) is 1.37. The van der Waals surface area contributed by atoms with E-state index >= 15 is 0 Å². The SMILES string of the molecule is [2H]OC([2H])(C)C(C(=O)O[C@@]1([2H])CC2CC[C@H](C1)N2C)c1ccccc1. The first-order chi connectivity index (χ1) is 11.8. The molecule has 2 fully saturated rings. The fourth-order valence-electron chi connectivity index (χ4n) is 3.66. The zero-order valence-corrected chi connectivity index (χ0v) is 13.1. The highest BCUT2D eigenvalue weighted by Gasteiger charge is 2.40. The van der Waals surface area contributed by atoms with Crippen LogP contribution in [0, 0.1) is 0 Å². The van der Waals surface area contributed by atoms with E-state index in [2.05, 4.69) is 17.1 Å². The molecule has 4 heteroatoms. The van der Waals surface area contributed by atoms with E-state index in [0.29, 0.717) is 18.4 Å². The minimum Gasteiger partial charge on any atom is -0.462 e. The number of rotatable bonds is 5. The van der Waals surface area contributed by atoms with Gasteiger partial charge in [0.05, 0.1) is 8.82 Å². The van der Waals surface area contributed by atoms with Gasteiger partial charge in [-0.15, -0.1) is 0 Å². The van der Waals surface area contributed by atoms with Crippen LogP contribution in [0.25, 0.3) is 0 Å². The minimum atomic E-state index is -1.79. The van der Waals surface area contributed by atoms with E-state index < -0.39 is 24.0 Å². The predicted molar refractivity (Wildman–Crippen MR) is 84.6 cm³/mol. The number of fused-ring (bicyclic) bond motifs is 2. The molecule has 0 spiro atoms. The lowest BCUT2D eigenvalue weighted by atomic mass is 9.94. The highest BCUT2D eigenvalue weighted by Crippen LogP contribution is 2.36. The van der Waals surface area contributed by atoms with Gasteiger partial charge >= 0.3 is 5.97 Å². The van der Waals surface area contributed by atoms with Gasteiger partial charge in [-0.25, -0.2) is 0 Å². The smallest absolute Gasteiger partial charge is 0.316 e. The summed E-state index contributed by atoms with van der Waals surface area (Å²) in [6.07, 6.45) is -0.0753. The van der Waals surface area contributed by atoms with Crippen molar-refractivity contribution in [2.24, 2.45) is 0 Å². The Kier molecular flexibility index (Phi) is 3.51. The normalized spacial score (nSPS) is 37.5. The van der Waals surface area contributed by atoms with Crippen molar-refractivity contribution in [3.05, 3.63) is 35.9 Å². The van der Waals surface area contributed by atoms with E-state index in [4.69, 9.17) is 8.91 Å². The van der Waals surface area contributed by atoms with Crippen LogP contribution >= 0.6 is 0 Å². The molecule has 120 valence electrons. The molecule has 1 aromatic carbocycles. The molecule has 0 aromatic heterocycles. The third-order valence-electron chi connectivity index (χ3n) is 4.93. The van der Waals surface area contributed by atoms with Crippen LogP contribution in [0.4, 0.5) is 0 Å². The molecule has 4 nitrogen and oxygen atoms in total. The second-order valence-corrected chi connectivity index (χ2v) is 6.37. The molecule has 0 aliphatic carbocycles. The van der Waals surface area contributed by atoms with Crippen molar-refractivity contribution in [1.82, 2.24) is 4.90 Å². The lowest BCUT2D eigenvalue weighted by molar-refractivity contribution is -0.156. The van der Waals surface area contributed by atoms with E-state index in [1.807, 2.05) is 6.07 Å². The van der Waals surface area contributed by atoms with Crippen molar-refractivity contribution in [2.75, 3.05) is 7.05 Å². The van der Waals surface area contributed by atoms with Gasteiger partial charge in [0.15, 0.2) is 0 Å². The molecule has 5 atom stereocenters. The maximum Gasteiger partial charge on any atom is 0.316 e. The van der Waals surface area contributed by atoms with Crippen molar-refractivity contribution in [3.63, 3.8) is 0 Å². The van der Waals surface area contributed by atoms with Crippen LogP contribution in [-0.4, -0.2) is 48.7 Å². The van der Waals surface area contributed by atoms with Gasteiger partial charge < -0.3 is 14.7 Å². The third-order valence-corrected chi connectivity index (χ3v) is 4.93. The second kappa shape index (κ2) is 6.39. The second-order valence-electron chi connectivity index (χ2n) is 6.37. The highest BCUT2D eigenvalue weighted by atomic mass is 16.5. The Balaban J connectivity index is 1.82. The molecular formula is C18H25NO3. The summed E-state index contributed by atoms with van der Waals surface area (Å²) in [5.41, 5.74) is 0.553. The van der Waals surface area contributed by atoms with Gasteiger partial charge in [0.1, 0.15) is 12.0 Å². The molecule has 2 heterocycles. The summed E-state index contributed by atoms with van der Waals surface area (Å²) in [4.78, 5) is 15.2. The average Bonchev–Trinajstić information content (AvgIpc) is 2.78. The number of piperidine rings is 1. The molecule has 2 aliphatic rings. The molecule has 22 heavy (non-hydrogen) atoms. The Morgan fingerprint density at radius 1 is 1.41 bits per heavy atom. The van der Waals surface area contributed by atoms with Crippen molar-refractivity contribution in [1.29, 1.82) is 1.43 Å². The fraction of sp³-hybridized carbons (Fsp3) is 0.611. The number of ether oxygens (including phenoxy) is 1. The van der Waals surface area contributed by atoms with E-state index in [0.717, 1.165) is 12.8 Å². The molecule has 0 radical (unpaired) electrons. The van der Waals surface area contributed by atoms with Crippen molar-refractivity contribution < 1.29 is 17.4 Å². The van der Waals surface area contributed by atoms with Crippen LogP contribution in [0.3, 0.4) is 0 Å². The summed E-state index contributed by atoms with van der Waals surface area (Å²) in [5.74, 6) is -1.75. The molecule has 0 saturated carbocycles. The Bertz CT molecular complexity index is 611. The Labute approximate surface area is 136 Å². The monoisotopic (exact) mass is 306 g/mol. The third kappa shape index (κ3) is 3.03. The molecular weight excluding hydrogens is 278 g/mol. The lowest BCUT2D eigenvalue weighted by Gasteiger charge is -2.36. The number of benzene rings is 1. The van der Waals surface area contributed by atoms with Gasteiger partial charge in [0, 0.05) is 12.1 Å². The van der Waals surface area contributed by atoms with Crippen molar-refractivity contribution in [2.45, 2.75) is 62.8 Å². The molecule has 2 bridgehead atoms. The largest absolute Gasteiger partial charge is 0.462 e. The topological polar surface area (TPSA) is 49.8 Å². The number of hydrogen-bond donors (Lipinski definition) is 1. The Hall–Kier alpha value is -1.39. The summed E-state index contributed by atoms with van der Waals surface area (Å²) in [6, 6.07) is 9.29. The summed E-state index contributed by atoms with van der Waals surface area (Å²) in [5, 5.41) is 4.52. The van der Waals surface area contributed by atoms with E-state index in [-0.39, 0.29) is 12.1 Å². The lowest BCUT2D eigenvalue weighted by Crippen LogP contribution is -2.44. The Morgan fingerprint density at radius 2 is 2.05 bits per heavy atom. The van der Waals surface area contributed by atoms with Gasteiger partial charge in [-0.1, -0.05) is 30.3 Å². The van der Waals surface area contributed by atoms with Crippen LogP contribution < -0.4 is 0 Å². The number of carbonyl (C=O) groups excluding carboxylic acids is 1. The maximum absolute atomic E-state index is 12.9. The summed E-state index contributed by atoms with van der Waals surface area (Å²) in [7, 11) is 2.06. The first kappa shape index (κ1) is 12.1. The number of hydrogen-bond acceptors (Lipinski definition) is 4.